The van der Waals surface area contributed by atoms with E-state index in [0.717, 1.165) is 5.76 Å². The molecule has 0 spiro atoms. The lowest BCUT2D eigenvalue weighted by molar-refractivity contribution is -0.142. The van der Waals surface area contributed by atoms with Crippen LogP contribution in [-0.2, 0) is 28.3 Å². The number of hydrogen-bond acceptors (Lipinski definition) is 6. The van der Waals surface area contributed by atoms with Crippen LogP contribution in [0.5, 0.6) is 0 Å². The van der Waals surface area contributed by atoms with Crippen LogP contribution in [0.3, 0.4) is 0 Å². The van der Waals surface area contributed by atoms with E-state index in [0.29, 0.717) is 38.2 Å². The van der Waals surface area contributed by atoms with Crippen molar-refractivity contribution in [3.8, 4) is 0 Å². The molecule has 25 heavy (non-hydrogen) atoms. The summed E-state index contributed by atoms with van der Waals surface area (Å²) in [7, 11) is 0. The van der Waals surface area contributed by atoms with Crippen molar-refractivity contribution in [1.82, 2.24) is 9.88 Å². The summed E-state index contributed by atoms with van der Waals surface area (Å²) < 4.78 is 24.4. The van der Waals surface area contributed by atoms with Crippen LogP contribution in [0.15, 0.2) is 34.9 Å². The fourth-order valence-electron chi connectivity index (χ4n) is 3.06. The number of piperidine rings is 1. The van der Waals surface area contributed by atoms with E-state index in [2.05, 4.69) is 9.88 Å². The number of rotatable bonds is 5. The van der Waals surface area contributed by atoms with Crippen LogP contribution in [0.4, 0.5) is 4.39 Å². The first kappa shape index (κ1) is 17.6. The molecule has 1 N–H and O–H groups in total. The van der Waals surface area contributed by atoms with Gasteiger partial charge in [0.15, 0.2) is 0 Å². The molecule has 3 heterocycles. The Morgan fingerprint density at radius 2 is 2.08 bits per heavy atom. The monoisotopic (exact) mass is 348 g/mol. The summed E-state index contributed by atoms with van der Waals surface area (Å²) in [6.07, 6.45) is 2.23. The smallest absolute Gasteiger partial charge is 0.303 e. The first-order valence-electron chi connectivity index (χ1n) is 8.23. The molecule has 134 valence electrons. The van der Waals surface area contributed by atoms with Gasteiger partial charge in [-0.2, -0.15) is 4.39 Å². The van der Waals surface area contributed by atoms with Crippen molar-refractivity contribution in [3.05, 3.63) is 53.5 Å². The van der Waals surface area contributed by atoms with Crippen LogP contribution in [-0.4, -0.2) is 34.0 Å². The highest BCUT2D eigenvalue weighted by Gasteiger charge is 2.36. The van der Waals surface area contributed by atoms with E-state index in [4.69, 9.17) is 9.15 Å². The van der Waals surface area contributed by atoms with Gasteiger partial charge in [0.2, 0.25) is 5.95 Å². The molecule has 3 rings (SSSR count). The van der Waals surface area contributed by atoms with Gasteiger partial charge < -0.3 is 14.3 Å². The number of aromatic nitrogens is 1. The molecule has 1 aliphatic rings. The van der Waals surface area contributed by atoms with Crippen LogP contribution in [0.25, 0.3) is 0 Å². The summed E-state index contributed by atoms with van der Waals surface area (Å²) in [5, 5.41) is 10.8. The predicted molar refractivity (Wildman–Crippen MR) is 86.8 cm³/mol. The molecule has 0 atom stereocenters. The number of aliphatic hydroxyl groups is 1. The average molecular weight is 348 g/mol. The zero-order valence-corrected chi connectivity index (χ0v) is 14.1. The van der Waals surface area contributed by atoms with E-state index in [-0.39, 0.29) is 18.1 Å². The number of furan rings is 1. The van der Waals surface area contributed by atoms with Crippen molar-refractivity contribution in [2.24, 2.45) is 0 Å². The lowest BCUT2D eigenvalue weighted by Gasteiger charge is -2.38. The Bertz CT molecular complexity index is 738. The van der Waals surface area contributed by atoms with Crippen molar-refractivity contribution < 1.29 is 23.4 Å². The molecule has 2 aromatic heterocycles. The second-order valence-electron chi connectivity index (χ2n) is 6.30. The van der Waals surface area contributed by atoms with Gasteiger partial charge in [0.05, 0.1) is 12.1 Å². The number of esters is 1. The standard InChI is InChI=1S/C18H21FN2O4/c1-13(22)24-12-15-5-4-14(25-15)11-21-9-6-18(23,7-10-21)16-3-2-8-20-17(16)19/h2-5,8,23H,6-7,9-12H2,1H3. The third kappa shape index (κ3) is 4.24. The summed E-state index contributed by atoms with van der Waals surface area (Å²) in [6, 6.07) is 6.85. The number of halogens is 1. The van der Waals surface area contributed by atoms with E-state index in [1.165, 1.54) is 13.1 Å². The van der Waals surface area contributed by atoms with Gasteiger partial charge >= 0.3 is 5.97 Å². The second-order valence-corrected chi connectivity index (χ2v) is 6.30. The maximum atomic E-state index is 13.9. The minimum atomic E-state index is -1.18. The van der Waals surface area contributed by atoms with Crippen molar-refractivity contribution >= 4 is 5.97 Å². The summed E-state index contributed by atoms with van der Waals surface area (Å²) >= 11 is 0. The number of pyridine rings is 1. The predicted octanol–water partition coefficient (Wildman–Crippen LogP) is 2.36. The number of carbonyl (C=O) groups is 1. The van der Waals surface area contributed by atoms with Crippen molar-refractivity contribution in [1.29, 1.82) is 0 Å². The van der Waals surface area contributed by atoms with E-state index >= 15 is 0 Å². The van der Waals surface area contributed by atoms with Gasteiger partial charge in [0.1, 0.15) is 18.1 Å². The molecule has 0 radical (unpaired) electrons. The van der Waals surface area contributed by atoms with Crippen LogP contribution >= 0.6 is 0 Å². The van der Waals surface area contributed by atoms with E-state index in [9.17, 15) is 14.3 Å². The molecule has 6 nitrogen and oxygen atoms in total. The van der Waals surface area contributed by atoms with Gasteiger partial charge in [-0.1, -0.05) is 6.07 Å². The molecule has 1 saturated heterocycles. The van der Waals surface area contributed by atoms with Gasteiger partial charge in [-0.05, 0) is 31.0 Å². The Kier molecular flexibility index (Phi) is 5.15. The second kappa shape index (κ2) is 7.33. The SMILES string of the molecule is CC(=O)OCc1ccc(CN2CCC(O)(c3cccnc3F)CC2)o1. The normalized spacial score (nSPS) is 17.4. The lowest BCUT2D eigenvalue weighted by Crippen LogP contribution is -2.42. The zero-order chi connectivity index (χ0) is 17.9. The maximum Gasteiger partial charge on any atom is 0.303 e. The van der Waals surface area contributed by atoms with Gasteiger partial charge in [0, 0.05) is 31.8 Å². The Labute approximate surface area is 145 Å². The summed E-state index contributed by atoms with van der Waals surface area (Å²) in [5.41, 5.74) is -0.922. The highest BCUT2D eigenvalue weighted by molar-refractivity contribution is 5.65. The fourth-order valence-corrected chi connectivity index (χ4v) is 3.06. The van der Waals surface area contributed by atoms with E-state index in [1.54, 1.807) is 18.2 Å². The third-order valence-electron chi connectivity index (χ3n) is 4.46. The molecule has 2 aromatic rings. The number of carbonyl (C=O) groups excluding carboxylic acids is 1. The summed E-state index contributed by atoms with van der Waals surface area (Å²) in [5.74, 6) is 0.395. The largest absolute Gasteiger partial charge is 0.461 e. The van der Waals surface area contributed by atoms with Gasteiger partial charge in [-0.3, -0.25) is 9.69 Å². The highest BCUT2D eigenvalue weighted by Crippen LogP contribution is 2.34. The molecule has 0 bridgehead atoms. The average Bonchev–Trinajstić information content (AvgIpc) is 3.03. The molecule has 7 heteroatoms. The molecule has 0 aromatic carbocycles. The van der Waals surface area contributed by atoms with Crippen molar-refractivity contribution in [2.45, 2.75) is 38.5 Å². The minimum Gasteiger partial charge on any atom is -0.461 e. The van der Waals surface area contributed by atoms with Gasteiger partial charge in [-0.25, -0.2) is 4.98 Å². The first-order chi connectivity index (χ1) is 12.0. The van der Waals surface area contributed by atoms with E-state index in [1.807, 2.05) is 6.07 Å². The van der Waals surface area contributed by atoms with Crippen LogP contribution in [0.2, 0.25) is 0 Å². The van der Waals surface area contributed by atoms with Gasteiger partial charge in [-0.15, -0.1) is 0 Å². The molecule has 0 amide bonds. The highest BCUT2D eigenvalue weighted by atomic mass is 19.1. The van der Waals surface area contributed by atoms with Crippen LogP contribution < -0.4 is 0 Å². The molecule has 1 aliphatic heterocycles. The molecule has 0 unspecified atom stereocenters. The number of likely N-dealkylation sites (tertiary alicyclic amines) is 1. The number of nitrogens with zero attached hydrogens (tertiary/aromatic N) is 2. The van der Waals surface area contributed by atoms with Crippen LogP contribution in [0, 0.1) is 5.95 Å². The lowest BCUT2D eigenvalue weighted by atomic mass is 9.85. The fraction of sp³-hybridized carbons (Fsp3) is 0.444. The van der Waals surface area contributed by atoms with Crippen molar-refractivity contribution in [2.75, 3.05) is 13.1 Å². The summed E-state index contributed by atoms with van der Waals surface area (Å²) in [4.78, 5) is 16.6. The molecular weight excluding hydrogens is 327 g/mol. The first-order valence-corrected chi connectivity index (χ1v) is 8.23. The molecule has 0 saturated carbocycles. The topological polar surface area (TPSA) is 75.8 Å². The van der Waals surface area contributed by atoms with E-state index < -0.39 is 11.5 Å². The quantitative estimate of drug-likeness (QED) is 0.660. The van der Waals surface area contributed by atoms with Gasteiger partial charge in [0.25, 0.3) is 0 Å². The Hall–Kier alpha value is -2.25. The molecular formula is C18H21FN2O4. The zero-order valence-electron chi connectivity index (χ0n) is 14.1. The summed E-state index contributed by atoms with van der Waals surface area (Å²) in [6.45, 7) is 3.29. The molecule has 1 fully saturated rings. The third-order valence-corrected chi connectivity index (χ3v) is 4.46. The Morgan fingerprint density at radius 1 is 1.36 bits per heavy atom. The number of ether oxygens (including phenoxy) is 1. The van der Waals surface area contributed by atoms with Crippen molar-refractivity contribution in [3.63, 3.8) is 0 Å². The maximum absolute atomic E-state index is 13.9. The minimum absolute atomic E-state index is 0.120. The molecule has 0 aliphatic carbocycles. The number of hydrogen-bond donors (Lipinski definition) is 1. The Morgan fingerprint density at radius 3 is 2.76 bits per heavy atom. The Balaban J connectivity index is 1.56. The van der Waals surface area contributed by atoms with Crippen LogP contribution in [0.1, 0.15) is 36.8 Å².